The molecular weight excluding hydrogens is 303 g/mol. The molecule has 0 fully saturated rings. The van der Waals surface area contributed by atoms with Crippen molar-refractivity contribution in [1.29, 1.82) is 0 Å². The average Bonchev–Trinajstić information content (AvgIpc) is 2.20. The Balaban J connectivity index is 3.30. The molecule has 0 saturated carbocycles. The van der Waals surface area contributed by atoms with Crippen molar-refractivity contribution in [2.75, 3.05) is 6.54 Å². The first-order chi connectivity index (χ1) is 7.77. The van der Waals surface area contributed by atoms with Crippen LogP contribution in [0.25, 0.3) is 0 Å². The number of hydrogen-bond acceptors (Lipinski definition) is 3. The van der Waals surface area contributed by atoms with E-state index in [4.69, 9.17) is 5.73 Å². The molecule has 0 aliphatic rings. The number of nitrogens with two attached hydrogens (primary N) is 1. The summed E-state index contributed by atoms with van der Waals surface area (Å²) in [4.78, 5) is 11.5. The first-order valence-corrected chi connectivity index (χ1v) is 5.39. The number of aromatic hydroxyl groups is 1. The maximum atomic E-state index is 12.5. The lowest BCUT2D eigenvalue weighted by Gasteiger charge is -2.11. The maximum Gasteiger partial charge on any atom is 0.416 e. The van der Waals surface area contributed by atoms with E-state index in [1.807, 2.05) is 0 Å². The molecule has 0 aromatic heterocycles. The van der Waals surface area contributed by atoms with Gasteiger partial charge in [-0.25, -0.2) is 0 Å². The standard InChI is InChI=1S/C10H9BrF3NO2/c11-7-4-5(10(12,13)14)3-6(9(7)17)8(16)1-2-15/h3-4,17H,1-2,15H2. The average molecular weight is 312 g/mol. The molecule has 0 radical (unpaired) electrons. The number of alkyl halides is 3. The first-order valence-electron chi connectivity index (χ1n) is 4.60. The molecule has 0 saturated heterocycles. The Kier molecular flexibility index (Phi) is 4.16. The Morgan fingerprint density at radius 1 is 1.41 bits per heavy atom. The molecule has 0 unspecified atom stereocenters. The molecule has 3 N–H and O–H groups in total. The summed E-state index contributed by atoms with van der Waals surface area (Å²) in [5, 5.41) is 9.51. The van der Waals surface area contributed by atoms with Crippen molar-refractivity contribution < 1.29 is 23.1 Å². The minimum Gasteiger partial charge on any atom is -0.506 e. The molecule has 1 aromatic carbocycles. The summed E-state index contributed by atoms with van der Waals surface area (Å²) in [6.45, 7) is 0.00609. The zero-order chi connectivity index (χ0) is 13.2. The van der Waals surface area contributed by atoms with E-state index in [0.29, 0.717) is 12.1 Å². The van der Waals surface area contributed by atoms with Crippen LogP contribution < -0.4 is 5.73 Å². The predicted molar refractivity (Wildman–Crippen MR) is 58.8 cm³/mol. The number of carbonyl (C=O) groups excluding carboxylic acids is 1. The van der Waals surface area contributed by atoms with Crippen LogP contribution in [0, 0.1) is 0 Å². The van der Waals surface area contributed by atoms with Crippen molar-refractivity contribution in [3.63, 3.8) is 0 Å². The van der Waals surface area contributed by atoms with Crippen LogP contribution in [0.15, 0.2) is 16.6 Å². The predicted octanol–water partition coefficient (Wildman–Crippen LogP) is 2.71. The maximum absolute atomic E-state index is 12.5. The second kappa shape index (κ2) is 5.05. The first kappa shape index (κ1) is 14.0. The van der Waals surface area contributed by atoms with Gasteiger partial charge in [0, 0.05) is 6.42 Å². The van der Waals surface area contributed by atoms with Crippen molar-refractivity contribution >= 4 is 21.7 Å². The largest absolute Gasteiger partial charge is 0.506 e. The molecule has 17 heavy (non-hydrogen) atoms. The second-order valence-corrected chi connectivity index (χ2v) is 4.17. The topological polar surface area (TPSA) is 63.3 Å². The number of rotatable bonds is 3. The number of ketones is 1. The summed E-state index contributed by atoms with van der Waals surface area (Å²) in [6, 6.07) is 1.34. The van der Waals surface area contributed by atoms with Gasteiger partial charge in [0.1, 0.15) is 5.75 Å². The molecule has 0 spiro atoms. The van der Waals surface area contributed by atoms with E-state index in [-0.39, 0.29) is 23.0 Å². The van der Waals surface area contributed by atoms with Crippen molar-refractivity contribution in [1.82, 2.24) is 0 Å². The minimum absolute atomic E-state index is 0.00609. The fourth-order valence-electron chi connectivity index (χ4n) is 1.24. The highest BCUT2D eigenvalue weighted by atomic mass is 79.9. The third kappa shape index (κ3) is 3.19. The van der Waals surface area contributed by atoms with Crippen LogP contribution in [0.5, 0.6) is 5.75 Å². The molecule has 0 aliphatic carbocycles. The molecule has 0 heterocycles. The molecule has 0 aliphatic heterocycles. The number of phenolic OH excluding ortho intramolecular Hbond substituents is 1. The van der Waals surface area contributed by atoms with Gasteiger partial charge in [-0.3, -0.25) is 4.79 Å². The molecular formula is C10H9BrF3NO2. The Hall–Kier alpha value is -1.08. The molecule has 1 rings (SSSR count). The summed E-state index contributed by atoms with van der Waals surface area (Å²) in [6.07, 6.45) is -4.70. The van der Waals surface area contributed by atoms with Crippen molar-refractivity contribution in [2.24, 2.45) is 5.73 Å². The van der Waals surface area contributed by atoms with E-state index in [1.165, 1.54) is 0 Å². The van der Waals surface area contributed by atoms with Crippen LogP contribution >= 0.6 is 15.9 Å². The van der Waals surface area contributed by atoms with Crippen molar-refractivity contribution in [3.8, 4) is 5.75 Å². The van der Waals surface area contributed by atoms with Gasteiger partial charge in [-0.2, -0.15) is 13.2 Å². The lowest BCUT2D eigenvalue weighted by Crippen LogP contribution is -2.11. The summed E-state index contributed by atoms with van der Waals surface area (Å²) in [5.74, 6) is -1.13. The van der Waals surface area contributed by atoms with Crippen LogP contribution in [0.3, 0.4) is 0 Å². The van der Waals surface area contributed by atoms with Gasteiger partial charge >= 0.3 is 6.18 Å². The number of hydrogen-bond donors (Lipinski definition) is 2. The highest BCUT2D eigenvalue weighted by molar-refractivity contribution is 9.10. The Morgan fingerprint density at radius 2 is 2.00 bits per heavy atom. The quantitative estimate of drug-likeness (QED) is 0.844. The Morgan fingerprint density at radius 3 is 2.47 bits per heavy atom. The molecule has 1 aromatic rings. The smallest absolute Gasteiger partial charge is 0.416 e. The summed E-state index contributed by atoms with van der Waals surface area (Å²) in [7, 11) is 0. The van der Waals surface area contributed by atoms with Crippen LogP contribution in [0.4, 0.5) is 13.2 Å². The third-order valence-electron chi connectivity index (χ3n) is 2.06. The second-order valence-electron chi connectivity index (χ2n) is 3.31. The number of halogens is 4. The van der Waals surface area contributed by atoms with Gasteiger partial charge in [-0.05, 0) is 34.6 Å². The Labute approximate surface area is 104 Å². The molecule has 0 amide bonds. The number of benzene rings is 1. The van der Waals surface area contributed by atoms with Gasteiger partial charge in [0.25, 0.3) is 0 Å². The molecule has 94 valence electrons. The molecule has 3 nitrogen and oxygen atoms in total. The monoisotopic (exact) mass is 311 g/mol. The minimum atomic E-state index is -4.58. The fraction of sp³-hybridized carbons (Fsp3) is 0.300. The number of phenols is 1. The molecule has 0 atom stereocenters. The zero-order valence-electron chi connectivity index (χ0n) is 8.51. The SMILES string of the molecule is NCCC(=O)c1cc(C(F)(F)F)cc(Br)c1O. The van der Waals surface area contributed by atoms with E-state index in [1.54, 1.807) is 0 Å². The number of Topliss-reactive ketones (excluding diaryl/α,β-unsaturated/α-hetero) is 1. The lowest BCUT2D eigenvalue weighted by molar-refractivity contribution is -0.137. The van der Waals surface area contributed by atoms with Gasteiger partial charge in [-0.1, -0.05) is 0 Å². The van der Waals surface area contributed by atoms with Gasteiger partial charge in [0.15, 0.2) is 5.78 Å². The number of carbonyl (C=O) groups is 1. The van der Waals surface area contributed by atoms with Crippen LogP contribution in [-0.4, -0.2) is 17.4 Å². The third-order valence-corrected chi connectivity index (χ3v) is 2.67. The normalized spacial score (nSPS) is 11.6. The highest BCUT2D eigenvalue weighted by Gasteiger charge is 2.32. The zero-order valence-corrected chi connectivity index (χ0v) is 10.1. The van der Waals surface area contributed by atoms with Crippen molar-refractivity contribution in [3.05, 3.63) is 27.7 Å². The van der Waals surface area contributed by atoms with Crippen LogP contribution in [-0.2, 0) is 6.18 Å². The summed E-state index contributed by atoms with van der Waals surface area (Å²) < 4.78 is 37.3. The van der Waals surface area contributed by atoms with Gasteiger partial charge in [0.2, 0.25) is 0 Å². The van der Waals surface area contributed by atoms with Crippen molar-refractivity contribution in [2.45, 2.75) is 12.6 Å². The van der Waals surface area contributed by atoms with Crippen LogP contribution in [0.1, 0.15) is 22.3 Å². The van der Waals surface area contributed by atoms with E-state index in [9.17, 15) is 23.1 Å². The van der Waals surface area contributed by atoms with E-state index in [0.717, 1.165) is 0 Å². The van der Waals surface area contributed by atoms with E-state index < -0.39 is 23.3 Å². The van der Waals surface area contributed by atoms with E-state index in [2.05, 4.69) is 15.9 Å². The van der Waals surface area contributed by atoms with Gasteiger partial charge in [0.05, 0.1) is 15.6 Å². The van der Waals surface area contributed by atoms with Crippen LogP contribution in [0.2, 0.25) is 0 Å². The van der Waals surface area contributed by atoms with Gasteiger partial charge < -0.3 is 10.8 Å². The molecule has 0 bridgehead atoms. The molecule has 7 heteroatoms. The lowest BCUT2D eigenvalue weighted by atomic mass is 10.0. The Bertz CT molecular complexity index is 446. The fourth-order valence-corrected chi connectivity index (χ4v) is 1.70. The summed E-state index contributed by atoms with van der Waals surface area (Å²) in [5.41, 5.74) is 3.77. The highest BCUT2D eigenvalue weighted by Crippen LogP contribution is 2.37. The van der Waals surface area contributed by atoms with Gasteiger partial charge in [-0.15, -0.1) is 0 Å². The summed E-state index contributed by atoms with van der Waals surface area (Å²) >= 11 is 2.78. The van der Waals surface area contributed by atoms with E-state index >= 15 is 0 Å².